The second-order valence-electron chi connectivity index (χ2n) is 8.15. The number of aliphatic hydroxyl groups excluding tert-OH is 1. The number of nitrogens with one attached hydrogen (secondary N) is 1. The maximum Gasteiger partial charge on any atom is 0.416 e. The van der Waals surface area contributed by atoms with Crippen molar-refractivity contribution < 1.29 is 27.8 Å². The van der Waals surface area contributed by atoms with Gasteiger partial charge in [-0.2, -0.15) is 18.2 Å². The molecule has 1 heterocycles. The summed E-state index contributed by atoms with van der Waals surface area (Å²) in [6.45, 7) is 7.30. The number of halogens is 3. The summed E-state index contributed by atoms with van der Waals surface area (Å²) in [5.41, 5.74) is 0.850. The van der Waals surface area contributed by atoms with Gasteiger partial charge in [-0.15, -0.1) is 5.10 Å². The first-order valence-corrected chi connectivity index (χ1v) is 11.0. The molecule has 184 valence electrons. The number of aliphatic hydroxyl groups is 1. The molecule has 7 nitrogen and oxygen atoms in total. The third kappa shape index (κ3) is 6.94. The van der Waals surface area contributed by atoms with E-state index in [4.69, 9.17) is 9.47 Å². The summed E-state index contributed by atoms with van der Waals surface area (Å²) in [5, 5.41) is 17.5. The van der Waals surface area contributed by atoms with Crippen molar-refractivity contribution in [3.8, 4) is 23.1 Å². The minimum atomic E-state index is -4.47. The predicted molar refractivity (Wildman–Crippen MR) is 123 cm³/mol. The number of nitrogens with zero attached hydrogens (tertiary/aromatic N) is 3. The average Bonchev–Trinajstić information content (AvgIpc) is 3.21. The Morgan fingerprint density at radius 1 is 1.09 bits per heavy atom. The molecule has 2 N–H and O–H groups in total. The Kier molecular flexibility index (Phi) is 8.51. The molecule has 10 heteroatoms. The van der Waals surface area contributed by atoms with Crippen LogP contribution in [-0.4, -0.2) is 52.3 Å². The van der Waals surface area contributed by atoms with Crippen molar-refractivity contribution in [3.05, 3.63) is 54.1 Å². The first kappa shape index (κ1) is 25.5. The Hall–Kier alpha value is -3.11. The van der Waals surface area contributed by atoms with Crippen LogP contribution in [0.5, 0.6) is 6.01 Å². The van der Waals surface area contributed by atoms with Crippen LogP contribution in [0.2, 0.25) is 0 Å². The highest BCUT2D eigenvalue weighted by atomic mass is 19.4. The molecule has 0 radical (unpaired) electrons. The van der Waals surface area contributed by atoms with Crippen molar-refractivity contribution in [1.29, 1.82) is 0 Å². The summed E-state index contributed by atoms with van der Waals surface area (Å²) >= 11 is 0. The quantitative estimate of drug-likeness (QED) is 0.412. The molecule has 0 spiro atoms. The monoisotopic (exact) mass is 478 g/mol. The van der Waals surface area contributed by atoms with Gasteiger partial charge in [-0.05, 0) is 49.2 Å². The van der Waals surface area contributed by atoms with Crippen molar-refractivity contribution in [1.82, 2.24) is 14.8 Å². The maximum absolute atomic E-state index is 13.2. The van der Waals surface area contributed by atoms with Crippen LogP contribution < -0.4 is 10.1 Å². The molecule has 0 aliphatic carbocycles. The first-order valence-electron chi connectivity index (χ1n) is 11.0. The molecule has 0 amide bonds. The number of aromatic nitrogens is 3. The molecule has 0 aliphatic heterocycles. The first-order chi connectivity index (χ1) is 16.2. The second kappa shape index (κ2) is 11.3. The van der Waals surface area contributed by atoms with Crippen LogP contribution in [-0.2, 0) is 10.9 Å². The molecule has 0 bridgehead atoms. The molecule has 1 unspecified atom stereocenters. The van der Waals surface area contributed by atoms with Gasteiger partial charge in [-0.25, -0.2) is 4.68 Å². The molecule has 1 atom stereocenters. The highest BCUT2D eigenvalue weighted by Crippen LogP contribution is 2.33. The van der Waals surface area contributed by atoms with E-state index in [1.807, 2.05) is 13.8 Å². The van der Waals surface area contributed by atoms with E-state index in [0.29, 0.717) is 31.4 Å². The fraction of sp³-hybridized carbons (Fsp3) is 0.417. The zero-order valence-corrected chi connectivity index (χ0v) is 19.3. The Morgan fingerprint density at radius 3 is 2.47 bits per heavy atom. The molecule has 1 aromatic heterocycles. The van der Waals surface area contributed by atoms with Gasteiger partial charge < -0.3 is 19.9 Å². The van der Waals surface area contributed by atoms with Gasteiger partial charge in [0, 0.05) is 24.4 Å². The van der Waals surface area contributed by atoms with E-state index < -0.39 is 17.8 Å². The summed E-state index contributed by atoms with van der Waals surface area (Å²) in [6, 6.07) is 12.1. The lowest BCUT2D eigenvalue weighted by Gasteiger charge is -2.14. The largest absolute Gasteiger partial charge is 0.463 e. The van der Waals surface area contributed by atoms with Crippen molar-refractivity contribution in [2.75, 3.05) is 31.7 Å². The second-order valence-corrected chi connectivity index (χ2v) is 8.15. The minimum Gasteiger partial charge on any atom is -0.463 e. The van der Waals surface area contributed by atoms with Gasteiger partial charge in [0.05, 0.1) is 30.6 Å². The number of anilines is 1. The van der Waals surface area contributed by atoms with Crippen LogP contribution in [0.15, 0.2) is 48.5 Å². The van der Waals surface area contributed by atoms with E-state index in [-0.39, 0.29) is 24.0 Å². The van der Waals surface area contributed by atoms with Gasteiger partial charge in [0.15, 0.2) is 5.82 Å². The van der Waals surface area contributed by atoms with Crippen LogP contribution in [0.3, 0.4) is 0 Å². The number of hydrogen-bond donors (Lipinski definition) is 2. The third-order valence-corrected chi connectivity index (χ3v) is 4.72. The maximum atomic E-state index is 13.2. The predicted octanol–water partition coefficient (Wildman–Crippen LogP) is 4.80. The van der Waals surface area contributed by atoms with Crippen molar-refractivity contribution in [2.45, 2.75) is 33.1 Å². The number of alkyl halides is 3. The number of ether oxygens (including phenoxy) is 2. The summed E-state index contributed by atoms with van der Waals surface area (Å²) < 4.78 is 51.9. The fourth-order valence-electron chi connectivity index (χ4n) is 3.14. The number of hydrogen-bond acceptors (Lipinski definition) is 6. The van der Waals surface area contributed by atoms with Crippen LogP contribution in [0.4, 0.5) is 18.9 Å². The molecular weight excluding hydrogens is 449 g/mol. The summed E-state index contributed by atoms with van der Waals surface area (Å²) in [6.07, 6.45) is -5.13. The zero-order valence-electron chi connectivity index (χ0n) is 19.3. The Balaban J connectivity index is 1.78. The smallest absolute Gasteiger partial charge is 0.416 e. The fourth-order valence-corrected chi connectivity index (χ4v) is 3.14. The molecule has 2 aromatic carbocycles. The third-order valence-electron chi connectivity index (χ3n) is 4.72. The van der Waals surface area contributed by atoms with Crippen molar-refractivity contribution in [2.24, 2.45) is 5.92 Å². The van der Waals surface area contributed by atoms with Gasteiger partial charge >= 0.3 is 12.2 Å². The van der Waals surface area contributed by atoms with Crippen molar-refractivity contribution >= 4 is 5.69 Å². The standard InChI is InChI=1S/C24H29F3N4O3/c1-4-34-23-29-22(17-6-5-7-18(12-17)24(25,26)27)31(30-23)20-10-8-19(9-11-20)28-13-21(32)15-33-14-16(2)3/h5-12,16,21,28,32H,4,13-15H2,1-3H3. The van der Waals surface area contributed by atoms with E-state index in [2.05, 4.69) is 15.4 Å². The molecule has 0 aliphatic rings. The lowest BCUT2D eigenvalue weighted by molar-refractivity contribution is -0.137. The zero-order chi connectivity index (χ0) is 24.7. The van der Waals surface area contributed by atoms with Gasteiger partial charge in [0.25, 0.3) is 0 Å². The summed E-state index contributed by atoms with van der Waals surface area (Å²) in [7, 11) is 0. The minimum absolute atomic E-state index is 0.0710. The highest BCUT2D eigenvalue weighted by Gasteiger charge is 2.31. The van der Waals surface area contributed by atoms with Crippen LogP contribution in [0.1, 0.15) is 26.3 Å². The Morgan fingerprint density at radius 2 is 1.82 bits per heavy atom. The molecule has 3 aromatic rings. The highest BCUT2D eigenvalue weighted by molar-refractivity contribution is 5.60. The molecule has 0 saturated heterocycles. The van der Waals surface area contributed by atoms with Crippen LogP contribution in [0.25, 0.3) is 17.1 Å². The van der Waals surface area contributed by atoms with Crippen molar-refractivity contribution in [3.63, 3.8) is 0 Å². The number of rotatable bonds is 11. The lowest BCUT2D eigenvalue weighted by atomic mass is 10.1. The van der Waals surface area contributed by atoms with Crippen LogP contribution in [0, 0.1) is 5.92 Å². The van der Waals surface area contributed by atoms with E-state index >= 15 is 0 Å². The van der Waals surface area contributed by atoms with E-state index in [1.54, 1.807) is 37.3 Å². The normalized spacial score (nSPS) is 12.7. The molecule has 34 heavy (non-hydrogen) atoms. The summed E-state index contributed by atoms with van der Waals surface area (Å²) in [4.78, 5) is 4.29. The molecule has 0 fully saturated rings. The van der Waals surface area contributed by atoms with Gasteiger partial charge in [-0.1, -0.05) is 26.0 Å². The SMILES string of the molecule is CCOc1nc(-c2cccc(C(F)(F)F)c2)n(-c2ccc(NCC(O)COCC(C)C)cc2)n1. The Labute approximate surface area is 196 Å². The summed E-state index contributed by atoms with van der Waals surface area (Å²) in [5.74, 6) is 0.626. The van der Waals surface area contributed by atoms with Gasteiger partial charge in [-0.3, -0.25) is 0 Å². The van der Waals surface area contributed by atoms with Gasteiger partial charge in [0.1, 0.15) is 0 Å². The average molecular weight is 479 g/mol. The van der Waals surface area contributed by atoms with Crippen LogP contribution >= 0.6 is 0 Å². The lowest BCUT2D eigenvalue weighted by Crippen LogP contribution is -2.25. The molecular formula is C24H29F3N4O3. The van der Waals surface area contributed by atoms with E-state index in [9.17, 15) is 18.3 Å². The number of benzene rings is 2. The molecule has 3 rings (SSSR count). The van der Waals surface area contributed by atoms with E-state index in [0.717, 1.165) is 17.8 Å². The van der Waals surface area contributed by atoms with Gasteiger partial charge in [0.2, 0.25) is 0 Å². The Bertz CT molecular complexity index is 1050. The van der Waals surface area contributed by atoms with E-state index in [1.165, 1.54) is 10.7 Å². The molecule has 0 saturated carbocycles. The topological polar surface area (TPSA) is 81.4 Å².